The molecule has 2 aromatic heterocycles. The minimum absolute atomic E-state index is 0.371. The normalized spacial score (nSPS) is 10.5. The molecule has 0 radical (unpaired) electrons. The van der Waals surface area contributed by atoms with E-state index < -0.39 is 0 Å². The molecule has 16 heavy (non-hydrogen) atoms. The van der Waals surface area contributed by atoms with Gasteiger partial charge < -0.3 is 4.31 Å². The van der Waals surface area contributed by atoms with Crippen LogP contribution in [-0.4, -0.2) is 17.0 Å². The third kappa shape index (κ3) is 2.36. The Morgan fingerprint density at radius 3 is 2.81 bits per heavy atom. The van der Waals surface area contributed by atoms with Crippen LogP contribution in [0, 0.1) is 5.82 Å². The molecule has 0 aliphatic rings. The van der Waals surface area contributed by atoms with Crippen molar-refractivity contribution in [3.8, 4) is 10.6 Å². The Kier molecular flexibility index (Phi) is 3.46. The maximum Gasteiger partial charge on any atom is 0.142 e. The Bertz CT molecular complexity index is 515. The van der Waals surface area contributed by atoms with Crippen molar-refractivity contribution < 1.29 is 4.39 Å². The van der Waals surface area contributed by atoms with Crippen molar-refractivity contribution in [3.63, 3.8) is 0 Å². The van der Waals surface area contributed by atoms with Gasteiger partial charge in [0.2, 0.25) is 0 Å². The van der Waals surface area contributed by atoms with E-state index in [4.69, 9.17) is 0 Å². The van der Waals surface area contributed by atoms with Gasteiger partial charge in [0.05, 0.1) is 6.20 Å². The number of anilines is 1. The van der Waals surface area contributed by atoms with Crippen molar-refractivity contribution in [1.29, 1.82) is 0 Å². The second kappa shape index (κ2) is 4.68. The second-order valence-corrected chi connectivity index (χ2v) is 5.36. The third-order valence-corrected chi connectivity index (χ3v) is 4.15. The highest BCUT2D eigenvalue weighted by atomic mass is 79.9. The zero-order valence-corrected chi connectivity index (χ0v) is 11.5. The molecule has 2 heterocycles. The molecule has 0 atom stereocenters. The zero-order chi connectivity index (χ0) is 11.7. The van der Waals surface area contributed by atoms with Crippen molar-refractivity contribution in [2.45, 2.75) is 0 Å². The van der Waals surface area contributed by atoms with Gasteiger partial charge in [-0.1, -0.05) is 24.2 Å². The lowest BCUT2D eigenvalue weighted by molar-refractivity contribution is 0.622. The van der Waals surface area contributed by atoms with Crippen LogP contribution in [0.1, 0.15) is 0 Å². The smallest absolute Gasteiger partial charge is 0.142 e. The van der Waals surface area contributed by atoms with Crippen molar-refractivity contribution in [3.05, 3.63) is 28.9 Å². The van der Waals surface area contributed by atoms with Crippen LogP contribution in [0.25, 0.3) is 10.6 Å². The molecule has 2 aromatic rings. The summed E-state index contributed by atoms with van der Waals surface area (Å²) >= 11 is 8.93. The van der Waals surface area contributed by atoms with Gasteiger partial charge in [-0.2, -0.15) is 0 Å². The van der Waals surface area contributed by atoms with Gasteiger partial charge >= 0.3 is 0 Å². The lowest BCUT2D eigenvalue weighted by Crippen LogP contribution is -1.97. The largest absolute Gasteiger partial charge is 0.311 e. The Morgan fingerprint density at radius 2 is 2.25 bits per heavy atom. The lowest BCUT2D eigenvalue weighted by atomic mass is 10.3. The molecule has 2 rings (SSSR count). The predicted molar refractivity (Wildman–Crippen MR) is 70.4 cm³/mol. The van der Waals surface area contributed by atoms with E-state index in [2.05, 4.69) is 38.7 Å². The first-order valence-electron chi connectivity index (χ1n) is 4.28. The van der Waals surface area contributed by atoms with Crippen molar-refractivity contribution in [1.82, 2.24) is 9.97 Å². The van der Waals surface area contributed by atoms with Crippen LogP contribution in [0.15, 0.2) is 23.1 Å². The summed E-state index contributed by atoms with van der Waals surface area (Å²) in [6.45, 7) is 0. The van der Waals surface area contributed by atoms with Gasteiger partial charge in [-0.25, -0.2) is 9.37 Å². The number of thiol groups is 1. The summed E-state index contributed by atoms with van der Waals surface area (Å²) in [7, 11) is 1.80. The van der Waals surface area contributed by atoms with Crippen LogP contribution in [0.5, 0.6) is 0 Å². The Balaban J connectivity index is 2.45. The van der Waals surface area contributed by atoms with E-state index in [1.165, 1.54) is 17.4 Å². The minimum Gasteiger partial charge on any atom is -0.311 e. The number of hydrogen-bond acceptors (Lipinski definition) is 5. The molecule has 0 bridgehead atoms. The molecule has 0 aromatic carbocycles. The summed E-state index contributed by atoms with van der Waals surface area (Å²) in [4.78, 5) is 8.07. The first-order valence-corrected chi connectivity index (χ1v) is 6.28. The minimum atomic E-state index is -0.371. The topological polar surface area (TPSA) is 29.0 Å². The fourth-order valence-electron chi connectivity index (χ4n) is 1.15. The molecule has 0 saturated heterocycles. The number of thiazole rings is 1. The highest BCUT2D eigenvalue weighted by Gasteiger charge is 2.13. The summed E-state index contributed by atoms with van der Waals surface area (Å²) in [5.41, 5.74) is 0.659. The molecule has 0 unspecified atom stereocenters. The van der Waals surface area contributed by atoms with E-state index in [0.717, 1.165) is 11.2 Å². The van der Waals surface area contributed by atoms with Crippen molar-refractivity contribution in [2.24, 2.45) is 0 Å². The van der Waals surface area contributed by atoms with Gasteiger partial charge in [0, 0.05) is 18.8 Å². The zero-order valence-electron chi connectivity index (χ0n) is 8.19. The molecule has 7 heteroatoms. The molecule has 0 aliphatic heterocycles. The number of aromatic nitrogens is 2. The molecule has 0 saturated carbocycles. The quantitative estimate of drug-likeness (QED) is 0.860. The lowest BCUT2D eigenvalue weighted by Gasteiger charge is -2.05. The number of nitrogens with zero attached hydrogens (tertiary/aromatic N) is 3. The summed E-state index contributed by atoms with van der Waals surface area (Å²) < 4.78 is 15.3. The molecule has 0 aliphatic carbocycles. The molecular weight excluding hydrogens is 313 g/mol. The average Bonchev–Trinajstić information content (AvgIpc) is 2.60. The number of hydrogen-bond donors (Lipinski definition) is 1. The van der Waals surface area contributed by atoms with Gasteiger partial charge in [0.1, 0.15) is 20.4 Å². The molecule has 0 N–H and O–H groups in total. The van der Waals surface area contributed by atoms with E-state index in [0.29, 0.717) is 15.2 Å². The molecule has 0 spiro atoms. The van der Waals surface area contributed by atoms with Crippen LogP contribution in [0.2, 0.25) is 0 Å². The van der Waals surface area contributed by atoms with Crippen LogP contribution in [-0.2, 0) is 0 Å². The monoisotopic (exact) mass is 319 g/mol. The fraction of sp³-hybridized carbons (Fsp3) is 0.111. The van der Waals surface area contributed by atoms with Crippen molar-refractivity contribution in [2.75, 3.05) is 11.4 Å². The van der Waals surface area contributed by atoms with Crippen LogP contribution in [0.3, 0.4) is 0 Å². The highest BCUT2D eigenvalue weighted by molar-refractivity contribution is 9.10. The Hall–Kier alpha value is -0.660. The first-order chi connectivity index (χ1) is 7.58. The first kappa shape index (κ1) is 11.8. The fourth-order valence-corrected chi connectivity index (χ4v) is 3.11. The number of halogens is 2. The predicted octanol–water partition coefficient (Wildman–Crippen LogP) is 3.39. The van der Waals surface area contributed by atoms with E-state index in [-0.39, 0.29) is 5.82 Å². The van der Waals surface area contributed by atoms with Gasteiger partial charge in [-0.15, -0.1) is 0 Å². The second-order valence-electron chi connectivity index (χ2n) is 3.03. The van der Waals surface area contributed by atoms with E-state index in [9.17, 15) is 4.39 Å². The molecule has 0 amide bonds. The summed E-state index contributed by atoms with van der Waals surface area (Å²) in [6.07, 6.45) is 2.74. The molecule has 3 nitrogen and oxygen atoms in total. The Morgan fingerprint density at radius 1 is 1.50 bits per heavy atom. The van der Waals surface area contributed by atoms with E-state index in [1.807, 2.05) is 0 Å². The van der Waals surface area contributed by atoms with Gasteiger partial charge in [0.25, 0.3) is 0 Å². The van der Waals surface area contributed by atoms with Crippen molar-refractivity contribution >= 4 is 45.1 Å². The average molecular weight is 320 g/mol. The SMILES string of the molecule is CN(S)c1sc(-c2cncc(F)c2)nc1Br. The molecule has 0 fully saturated rings. The van der Waals surface area contributed by atoms with E-state index >= 15 is 0 Å². The van der Waals surface area contributed by atoms with Crippen LogP contribution >= 0.6 is 40.1 Å². The molecule has 84 valence electrons. The van der Waals surface area contributed by atoms with Crippen LogP contribution < -0.4 is 4.31 Å². The summed E-state index contributed by atoms with van der Waals surface area (Å²) in [6, 6.07) is 1.40. The number of rotatable bonds is 2. The molecular formula is C9H7BrFN3S2. The van der Waals surface area contributed by atoms with Gasteiger partial charge in [-0.3, -0.25) is 4.98 Å². The maximum atomic E-state index is 13.0. The van der Waals surface area contributed by atoms with Crippen LogP contribution in [0.4, 0.5) is 9.39 Å². The van der Waals surface area contributed by atoms with E-state index in [1.54, 1.807) is 17.5 Å². The standard InChI is InChI=1S/C9H7BrFN3S2/c1-14(15)9-7(10)13-8(16-9)5-2-6(11)4-12-3-5/h2-4,15H,1H3. The highest BCUT2D eigenvalue weighted by Crippen LogP contribution is 2.37. The summed E-state index contributed by atoms with van der Waals surface area (Å²) in [5, 5.41) is 1.57. The summed E-state index contributed by atoms with van der Waals surface area (Å²) in [5.74, 6) is -0.371. The third-order valence-electron chi connectivity index (χ3n) is 1.82. The van der Waals surface area contributed by atoms with Gasteiger partial charge in [0.15, 0.2) is 0 Å². The maximum absolute atomic E-state index is 13.0. The number of pyridine rings is 1. The Labute approximate surface area is 110 Å². The van der Waals surface area contributed by atoms with Gasteiger partial charge in [-0.05, 0) is 22.0 Å².